The third-order valence-electron chi connectivity index (χ3n) is 4.47. The van der Waals surface area contributed by atoms with Crippen LogP contribution in [0.25, 0.3) is 5.69 Å². The number of benzene rings is 2. The Morgan fingerprint density at radius 1 is 1.10 bits per heavy atom. The molecule has 29 heavy (non-hydrogen) atoms. The smallest absolute Gasteiger partial charge is 0.234 e. The molecule has 0 bridgehead atoms. The second kappa shape index (κ2) is 10.2. The topological polar surface area (TPSA) is 80.0 Å². The minimum absolute atomic E-state index is 0.0909. The zero-order chi connectivity index (χ0) is 20.6. The van der Waals surface area contributed by atoms with Gasteiger partial charge in [-0.15, -0.1) is 10.2 Å². The van der Waals surface area contributed by atoms with Crippen molar-refractivity contribution in [2.45, 2.75) is 37.8 Å². The molecule has 0 atom stereocenters. The van der Waals surface area contributed by atoms with Crippen molar-refractivity contribution in [2.75, 3.05) is 17.7 Å². The minimum Gasteiger partial charge on any atom is -0.396 e. The second-order valence-corrected chi connectivity index (χ2v) is 7.95. The highest BCUT2D eigenvalue weighted by Gasteiger charge is 2.15. The lowest BCUT2D eigenvalue weighted by Crippen LogP contribution is -2.14. The number of hydrogen-bond acceptors (Lipinski definition) is 5. The number of thioether (sulfide) groups is 1. The molecule has 0 radical (unpaired) electrons. The van der Waals surface area contributed by atoms with Gasteiger partial charge in [0.2, 0.25) is 5.91 Å². The molecule has 152 valence electrons. The lowest BCUT2D eigenvalue weighted by atomic mass is 10.0. The third-order valence-corrected chi connectivity index (χ3v) is 5.40. The van der Waals surface area contributed by atoms with Crippen LogP contribution < -0.4 is 5.32 Å². The van der Waals surface area contributed by atoms with E-state index >= 15 is 0 Å². The molecule has 0 unspecified atom stereocenters. The fraction of sp³-hybridized carbons (Fsp3) is 0.318. The molecule has 0 aliphatic heterocycles. The van der Waals surface area contributed by atoms with Crippen molar-refractivity contribution < 1.29 is 9.90 Å². The Labute approximate surface area is 175 Å². The minimum atomic E-state index is -0.0909. The Kier molecular flexibility index (Phi) is 7.43. The first kappa shape index (κ1) is 21.1. The highest BCUT2D eigenvalue weighted by atomic mass is 32.2. The first-order valence-corrected chi connectivity index (χ1v) is 10.7. The van der Waals surface area contributed by atoms with E-state index in [9.17, 15) is 4.79 Å². The number of para-hydroxylation sites is 1. The van der Waals surface area contributed by atoms with Crippen LogP contribution in [0.15, 0.2) is 59.8 Å². The molecule has 7 heteroatoms. The molecular weight excluding hydrogens is 384 g/mol. The number of aromatic nitrogens is 3. The van der Waals surface area contributed by atoms with Crippen LogP contribution in [0, 0.1) is 0 Å². The van der Waals surface area contributed by atoms with Gasteiger partial charge in [-0.3, -0.25) is 9.36 Å². The van der Waals surface area contributed by atoms with Gasteiger partial charge in [0, 0.05) is 24.4 Å². The van der Waals surface area contributed by atoms with Gasteiger partial charge in [0.1, 0.15) is 5.82 Å². The van der Waals surface area contributed by atoms with Gasteiger partial charge in [-0.05, 0) is 42.2 Å². The van der Waals surface area contributed by atoms with E-state index in [1.807, 2.05) is 59.2 Å². The maximum absolute atomic E-state index is 12.4. The summed E-state index contributed by atoms with van der Waals surface area (Å²) in [5, 5.41) is 21.3. The zero-order valence-corrected chi connectivity index (χ0v) is 17.5. The number of nitrogens with one attached hydrogen (secondary N) is 1. The van der Waals surface area contributed by atoms with Crippen LogP contribution in [-0.2, 0) is 11.2 Å². The molecule has 0 saturated carbocycles. The standard InChI is InChI=1S/C22H26N4O2S/c1-16(2)17-10-12-18(13-11-17)23-21(28)15-29-22-25-24-20(9-6-14-27)26(22)19-7-4-3-5-8-19/h3-5,7-8,10-13,16,27H,6,9,14-15H2,1-2H3,(H,23,28). The molecule has 2 N–H and O–H groups in total. The molecule has 0 saturated heterocycles. The molecule has 1 heterocycles. The highest BCUT2D eigenvalue weighted by Crippen LogP contribution is 2.23. The number of carbonyl (C=O) groups is 1. The maximum Gasteiger partial charge on any atom is 0.234 e. The second-order valence-electron chi connectivity index (χ2n) is 7.01. The predicted molar refractivity (Wildman–Crippen MR) is 117 cm³/mol. The Hall–Kier alpha value is -2.64. The SMILES string of the molecule is CC(C)c1ccc(NC(=O)CSc2nnc(CCCO)n2-c2ccccc2)cc1. The molecule has 0 spiro atoms. The van der Waals surface area contributed by atoms with Crippen LogP contribution in [0.1, 0.15) is 37.6 Å². The van der Waals surface area contributed by atoms with Crippen LogP contribution in [0.3, 0.4) is 0 Å². The number of aryl methyl sites for hydroxylation is 1. The molecule has 0 fully saturated rings. The summed E-state index contributed by atoms with van der Waals surface area (Å²) in [6.07, 6.45) is 1.23. The van der Waals surface area contributed by atoms with E-state index in [2.05, 4.69) is 29.4 Å². The van der Waals surface area contributed by atoms with Crippen LogP contribution >= 0.6 is 11.8 Å². The monoisotopic (exact) mass is 410 g/mol. The molecule has 0 aliphatic carbocycles. The lowest BCUT2D eigenvalue weighted by molar-refractivity contribution is -0.113. The van der Waals surface area contributed by atoms with Gasteiger partial charge < -0.3 is 10.4 Å². The number of rotatable bonds is 9. The fourth-order valence-corrected chi connectivity index (χ4v) is 3.68. The van der Waals surface area contributed by atoms with Gasteiger partial charge in [-0.2, -0.15) is 0 Å². The van der Waals surface area contributed by atoms with Crippen LogP contribution in [0.4, 0.5) is 5.69 Å². The van der Waals surface area contributed by atoms with Crippen LogP contribution in [0.2, 0.25) is 0 Å². The largest absolute Gasteiger partial charge is 0.396 e. The number of amides is 1. The van der Waals surface area contributed by atoms with Crippen molar-refractivity contribution in [3.05, 3.63) is 66.0 Å². The van der Waals surface area contributed by atoms with E-state index in [-0.39, 0.29) is 18.3 Å². The summed E-state index contributed by atoms with van der Waals surface area (Å²) in [7, 11) is 0. The van der Waals surface area contributed by atoms with Crippen molar-refractivity contribution in [1.82, 2.24) is 14.8 Å². The third kappa shape index (κ3) is 5.68. The molecular formula is C22H26N4O2S. The molecule has 6 nitrogen and oxygen atoms in total. The van der Waals surface area contributed by atoms with E-state index in [1.165, 1.54) is 17.3 Å². The number of carbonyl (C=O) groups excluding carboxylic acids is 1. The molecule has 3 aromatic rings. The summed E-state index contributed by atoms with van der Waals surface area (Å²) in [5.41, 5.74) is 2.97. The predicted octanol–water partition coefficient (Wildman–Crippen LogP) is 4.05. The van der Waals surface area contributed by atoms with Crippen molar-refractivity contribution in [2.24, 2.45) is 0 Å². The van der Waals surface area contributed by atoms with Gasteiger partial charge in [-0.1, -0.05) is 55.9 Å². The summed E-state index contributed by atoms with van der Waals surface area (Å²) in [6, 6.07) is 17.7. The van der Waals surface area contributed by atoms with Crippen molar-refractivity contribution in [1.29, 1.82) is 0 Å². The first-order chi connectivity index (χ1) is 14.1. The van der Waals surface area contributed by atoms with Gasteiger partial charge in [0.05, 0.1) is 5.75 Å². The van der Waals surface area contributed by atoms with E-state index < -0.39 is 0 Å². The van der Waals surface area contributed by atoms with E-state index in [0.29, 0.717) is 23.9 Å². The Balaban J connectivity index is 1.68. The van der Waals surface area contributed by atoms with Crippen LogP contribution in [0.5, 0.6) is 0 Å². The lowest BCUT2D eigenvalue weighted by Gasteiger charge is -2.10. The highest BCUT2D eigenvalue weighted by molar-refractivity contribution is 7.99. The number of aliphatic hydroxyl groups excluding tert-OH is 1. The zero-order valence-electron chi connectivity index (χ0n) is 16.7. The van der Waals surface area contributed by atoms with Crippen molar-refractivity contribution in [3.63, 3.8) is 0 Å². The van der Waals surface area contributed by atoms with Gasteiger partial charge in [0.15, 0.2) is 5.16 Å². The Morgan fingerprint density at radius 3 is 2.48 bits per heavy atom. The number of anilines is 1. The van der Waals surface area contributed by atoms with E-state index in [1.54, 1.807) is 0 Å². The summed E-state index contributed by atoms with van der Waals surface area (Å²) in [5.74, 6) is 1.38. The average Bonchev–Trinajstić information content (AvgIpc) is 3.14. The Morgan fingerprint density at radius 2 is 1.83 bits per heavy atom. The Bertz CT molecular complexity index is 924. The number of hydrogen-bond donors (Lipinski definition) is 2. The normalized spacial score (nSPS) is 11.0. The van der Waals surface area contributed by atoms with Crippen LogP contribution in [-0.4, -0.2) is 38.1 Å². The molecule has 1 amide bonds. The van der Waals surface area contributed by atoms with E-state index in [4.69, 9.17) is 5.11 Å². The fourth-order valence-electron chi connectivity index (χ4n) is 2.91. The molecule has 0 aliphatic rings. The van der Waals surface area contributed by atoms with Crippen molar-refractivity contribution >= 4 is 23.4 Å². The molecule has 2 aromatic carbocycles. The summed E-state index contributed by atoms with van der Waals surface area (Å²) in [4.78, 5) is 12.4. The number of aliphatic hydroxyl groups is 1. The first-order valence-electron chi connectivity index (χ1n) is 9.71. The number of nitrogens with zero attached hydrogens (tertiary/aromatic N) is 3. The quantitative estimate of drug-likeness (QED) is 0.520. The van der Waals surface area contributed by atoms with Gasteiger partial charge in [-0.25, -0.2) is 0 Å². The van der Waals surface area contributed by atoms with Crippen molar-refractivity contribution in [3.8, 4) is 5.69 Å². The van der Waals surface area contributed by atoms with Gasteiger partial charge >= 0.3 is 0 Å². The van der Waals surface area contributed by atoms with Gasteiger partial charge in [0.25, 0.3) is 0 Å². The average molecular weight is 411 g/mol. The maximum atomic E-state index is 12.4. The molecule has 3 rings (SSSR count). The summed E-state index contributed by atoms with van der Waals surface area (Å²) < 4.78 is 1.95. The summed E-state index contributed by atoms with van der Waals surface area (Å²) >= 11 is 1.35. The summed E-state index contributed by atoms with van der Waals surface area (Å²) in [6.45, 7) is 4.38. The molecule has 1 aromatic heterocycles. The van der Waals surface area contributed by atoms with E-state index in [0.717, 1.165) is 17.2 Å².